The minimum atomic E-state index is 0.587. The van der Waals surface area contributed by atoms with E-state index >= 15 is 0 Å². The molecule has 0 amide bonds. The molecule has 0 bridgehead atoms. The van der Waals surface area contributed by atoms with Crippen LogP contribution in [0, 0.1) is 0 Å². The van der Waals surface area contributed by atoms with E-state index in [1.54, 1.807) is 11.8 Å². The highest BCUT2D eigenvalue weighted by atomic mass is 35.5. The molecule has 0 nitrogen and oxygen atoms in total. The predicted molar refractivity (Wildman–Crippen MR) is 25.6 cm³/mol. The number of hydrogen-bond donors (Lipinski definition) is 0. The summed E-state index contributed by atoms with van der Waals surface area (Å²) in [4.78, 5) is 0. The lowest BCUT2D eigenvalue weighted by Crippen LogP contribution is -1.55. The minimum absolute atomic E-state index is 0.587. The molecule has 2 heteroatoms. The van der Waals surface area contributed by atoms with Gasteiger partial charge in [-0.2, -0.15) is 0 Å². The zero-order chi connectivity index (χ0) is 4.12. The van der Waals surface area contributed by atoms with E-state index in [1.807, 2.05) is 0 Å². The Morgan fingerprint density at radius 1 is 1.80 bits per heavy atom. The topological polar surface area (TPSA) is 0 Å². The van der Waals surface area contributed by atoms with Gasteiger partial charge < -0.3 is 0 Å². The van der Waals surface area contributed by atoms with E-state index in [1.165, 1.54) is 0 Å². The molecule has 0 aromatic rings. The predicted octanol–water partition coefficient (Wildman–Crippen LogP) is 0.907. The summed E-state index contributed by atoms with van der Waals surface area (Å²) in [6.45, 7) is 0. The number of allylic oxidation sites excluding steroid dienone is 1. The smallest absolute Gasteiger partial charge is 0.0596 e. The molecule has 27 valence electrons. The van der Waals surface area contributed by atoms with E-state index in [2.05, 4.69) is 10.2 Å². The van der Waals surface area contributed by atoms with Crippen LogP contribution in [0.1, 0.15) is 0 Å². The second kappa shape index (κ2) is 4.25. The molecule has 0 saturated carbocycles. The molecule has 0 rings (SSSR count). The molecular formula is C3H4ClSi. The standard InChI is InChI=1S/C3H4ClSi/c4-2-1-3-5/h1,3H,2H2. The van der Waals surface area contributed by atoms with Crippen molar-refractivity contribution in [1.29, 1.82) is 0 Å². The third-order valence-corrected chi connectivity index (χ3v) is 0.621. The molecule has 0 fully saturated rings. The lowest BCUT2D eigenvalue weighted by atomic mass is 10.8. The number of alkyl halides is 1. The van der Waals surface area contributed by atoms with E-state index in [4.69, 9.17) is 11.6 Å². The normalized spacial score (nSPS) is 10.0. The van der Waals surface area contributed by atoms with Crippen LogP contribution in [-0.4, -0.2) is 16.1 Å². The molecule has 0 atom stereocenters. The highest BCUT2D eigenvalue weighted by Crippen LogP contribution is 1.71. The van der Waals surface area contributed by atoms with Gasteiger partial charge in [-0.1, -0.05) is 6.08 Å². The van der Waals surface area contributed by atoms with Crippen molar-refractivity contribution in [2.45, 2.75) is 0 Å². The molecule has 0 aromatic heterocycles. The zero-order valence-corrected chi connectivity index (χ0v) is 4.50. The van der Waals surface area contributed by atoms with Gasteiger partial charge in [-0.05, 0) is 0 Å². The van der Waals surface area contributed by atoms with Crippen LogP contribution in [0.4, 0.5) is 0 Å². The van der Waals surface area contributed by atoms with Crippen molar-refractivity contribution >= 4 is 21.8 Å². The molecule has 3 radical (unpaired) electrons. The first-order valence-electron chi connectivity index (χ1n) is 1.30. The average molecular weight is 104 g/mol. The van der Waals surface area contributed by atoms with Crippen LogP contribution >= 0.6 is 11.6 Å². The summed E-state index contributed by atoms with van der Waals surface area (Å²) >= 11 is 5.18. The molecule has 0 aliphatic heterocycles. The van der Waals surface area contributed by atoms with E-state index in [9.17, 15) is 0 Å². The van der Waals surface area contributed by atoms with E-state index in [-0.39, 0.29) is 0 Å². The lowest BCUT2D eigenvalue weighted by Gasteiger charge is -1.62. The van der Waals surface area contributed by atoms with Gasteiger partial charge in [0.05, 0.1) is 10.2 Å². The maximum atomic E-state index is 5.18. The quantitative estimate of drug-likeness (QED) is 0.342. The largest absolute Gasteiger partial charge is 0.122 e. The molecule has 0 saturated heterocycles. The first kappa shape index (κ1) is 5.25. The van der Waals surface area contributed by atoms with Gasteiger partial charge in [-0.3, -0.25) is 0 Å². The van der Waals surface area contributed by atoms with Gasteiger partial charge >= 0.3 is 0 Å². The molecule has 0 unspecified atom stereocenters. The van der Waals surface area contributed by atoms with Gasteiger partial charge in [0.25, 0.3) is 0 Å². The Morgan fingerprint density at radius 2 is 2.40 bits per heavy atom. The molecule has 0 aliphatic carbocycles. The summed E-state index contributed by atoms with van der Waals surface area (Å²) in [7, 11) is 3.09. The Bertz CT molecular complexity index is 33.9. The first-order chi connectivity index (χ1) is 2.41. The number of rotatable bonds is 1. The third-order valence-electron chi connectivity index (χ3n) is 0.207. The van der Waals surface area contributed by atoms with Crippen molar-refractivity contribution in [3.05, 3.63) is 11.8 Å². The SMILES string of the molecule is [Si]C=CCCl. The number of halogens is 1. The van der Waals surface area contributed by atoms with Crippen LogP contribution in [0.15, 0.2) is 11.8 Å². The summed E-state index contributed by atoms with van der Waals surface area (Å²) < 4.78 is 0. The maximum absolute atomic E-state index is 5.18. The Hall–Kier alpha value is 0.247. The lowest BCUT2D eigenvalue weighted by molar-refractivity contribution is 1.79. The number of hydrogen-bond acceptors (Lipinski definition) is 0. The van der Waals surface area contributed by atoms with Crippen molar-refractivity contribution in [3.63, 3.8) is 0 Å². The fourth-order valence-electron chi connectivity index (χ4n) is 0.0445. The van der Waals surface area contributed by atoms with Gasteiger partial charge in [0.2, 0.25) is 0 Å². The highest BCUT2D eigenvalue weighted by molar-refractivity contribution is 6.21. The molecule has 0 aromatic carbocycles. The van der Waals surface area contributed by atoms with Crippen LogP contribution in [0.2, 0.25) is 0 Å². The van der Waals surface area contributed by atoms with Crippen LogP contribution in [0.5, 0.6) is 0 Å². The van der Waals surface area contributed by atoms with Gasteiger partial charge in [-0.25, -0.2) is 0 Å². The second-order valence-corrected chi connectivity index (χ2v) is 1.20. The van der Waals surface area contributed by atoms with Crippen molar-refractivity contribution < 1.29 is 0 Å². The summed E-state index contributed by atoms with van der Waals surface area (Å²) in [5, 5.41) is 0. The summed E-state index contributed by atoms with van der Waals surface area (Å²) in [5.74, 6) is 0.587. The van der Waals surface area contributed by atoms with Crippen LogP contribution < -0.4 is 0 Å². The van der Waals surface area contributed by atoms with E-state index in [0.717, 1.165) is 0 Å². The summed E-state index contributed by atoms with van der Waals surface area (Å²) in [5.41, 5.74) is 1.73. The maximum Gasteiger partial charge on any atom is 0.0596 e. The fourth-order valence-corrected chi connectivity index (χ4v) is 0.401. The van der Waals surface area contributed by atoms with Crippen molar-refractivity contribution in [2.75, 3.05) is 5.88 Å². The van der Waals surface area contributed by atoms with Gasteiger partial charge in [0.15, 0.2) is 0 Å². The zero-order valence-electron chi connectivity index (χ0n) is 2.74. The highest BCUT2D eigenvalue weighted by Gasteiger charge is 1.54. The van der Waals surface area contributed by atoms with Gasteiger partial charge in [0, 0.05) is 5.88 Å². The van der Waals surface area contributed by atoms with Crippen molar-refractivity contribution in [1.82, 2.24) is 0 Å². The molecule has 0 N–H and O–H groups in total. The molecule has 0 aliphatic rings. The second-order valence-electron chi connectivity index (χ2n) is 0.557. The molecule has 0 spiro atoms. The van der Waals surface area contributed by atoms with Gasteiger partial charge in [-0.15, -0.1) is 17.3 Å². The summed E-state index contributed by atoms with van der Waals surface area (Å²) in [6.07, 6.45) is 1.80. The fraction of sp³-hybridized carbons (Fsp3) is 0.333. The van der Waals surface area contributed by atoms with E-state index < -0.39 is 0 Å². The Morgan fingerprint density at radius 3 is 2.40 bits per heavy atom. The minimum Gasteiger partial charge on any atom is -0.122 e. The average Bonchev–Trinajstić information content (AvgIpc) is 1.41. The first-order valence-corrected chi connectivity index (χ1v) is 2.41. The van der Waals surface area contributed by atoms with Crippen molar-refractivity contribution in [3.8, 4) is 0 Å². The Balaban J connectivity index is 2.62. The van der Waals surface area contributed by atoms with Crippen LogP contribution in [-0.2, 0) is 0 Å². The molecular weight excluding hydrogens is 99.6 g/mol. The Kier molecular flexibility index (Phi) is 4.46. The van der Waals surface area contributed by atoms with E-state index in [0.29, 0.717) is 5.88 Å². The van der Waals surface area contributed by atoms with Crippen LogP contribution in [0.25, 0.3) is 0 Å². The van der Waals surface area contributed by atoms with Crippen molar-refractivity contribution in [2.24, 2.45) is 0 Å². The summed E-state index contributed by atoms with van der Waals surface area (Å²) in [6, 6.07) is 0. The molecule has 0 heterocycles. The third kappa shape index (κ3) is 4.25. The Labute approximate surface area is 40.3 Å². The molecule has 5 heavy (non-hydrogen) atoms. The van der Waals surface area contributed by atoms with Crippen LogP contribution in [0.3, 0.4) is 0 Å². The monoisotopic (exact) mass is 103 g/mol. The van der Waals surface area contributed by atoms with Gasteiger partial charge in [0.1, 0.15) is 0 Å².